The fourth-order valence-electron chi connectivity index (χ4n) is 3.55. The third-order valence-corrected chi connectivity index (χ3v) is 8.73. The average molecular weight is 657 g/mol. The molecular formula is C15H40N3O15P5. The van der Waals surface area contributed by atoms with Crippen molar-refractivity contribution < 1.29 is 71.8 Å². The Labute approximate surface area is 220 Å². The minimum atomic E-state index is -4.76. The Hall–Kier alpha value is 0.630. The van der Waals surface area contributed by atoms with Crippen LogP contribution in [0.4, 0.5) is 0 Å². The Morgan fingerprint density at radius 3 is 0.684 bits per heavy atom. The molecule has 0 aromatic carbocycles. The van der Waals surface area contributed by atoms with Gasteiger partial charge in [0.05, 0.1) is 0 Å². The highest BCUT2D eigenvalue weighted by Crippen LogP contribution is 2.42. The molecule has 0 amide bonds. The van der Waals surface area contributed by atoms with Gasteiger partial charge in [0, 0.05) is 26.2 Å². The first-order valence-corrected chi connectivity index (χ1v) is 20.3. The number of nitrogens with zero attached hydrogens (tertiary/aromatic N) is 3. The Morgan fingerprint density at radius 2 is 0.500 bits per heavy atom. The van der Waals surface area contributed by atoms with E-state index < -0.39 is 95.6 Å². The summed E-state index contributed by atoms with van der Waals surface area (Å²) in [7, 11) is -23.8. The van der Waals surface area contributed by atoms with Crippen LogP contribution >= 0.6 is 38.0 Å². The molecule has 0 aromatic heterocycles. The van der Waals surface area contributed by atoms with Crippen molar-refractivity contribution in [3.63, 3.8) is 0 Å². The predicted octanol–water partition coefficient (Wildman–Crippen LogP) is -0.0910. The van der Waals surface area contributed by atoms with Gasteiger partial charge in [-0.25, -0.2) is 0 Å². The monoisotopic (exact) mass is 657 g/mol. The predicted molar refractivity (Wildman–Crippen MR) is 137 cm³/mol. The van der Waals surface area contributed by atoms with E-state index in [0.717, 1.165) is 4.90 Å². The summed E-state index contributed by atoms with van der Waals surface area (Å²) < 4.78 is 56.1. The summed E-state index contributed by atoms with van der Waals surface area (Å²) in [4.78, 5) is 93.2. The van der Waals surface area contributed by atoms with Crippen molar-refractivity contribution in [2.75, 3.05) is 57.6 Å². The molecular weight excluding hydrogens is 617 g/mol. The van der Waals surface area contributed by atoms with Gasteiger partial charge >= 0.3 is 38.0 Å². The molecule has 0 aliphatic heterocycles. The van der Waals surface area contributed by atoms with Gasteiger partial charge in [-0.05, 0) is 0 Å². The van der Waals surface area contributed by atoms with Crippen molar-refractivity contribution in [1.29, 1.82) is 0 Å². The third-order valence-electron chi connectivity index (χ3n) is 4.89. The lowest BCUT2D eigenvalue weighted by atomic mass is 10.0. The molecule has 0 spiro atoms. The third kappa shape index (κ3) is 26.8. The maximum absolute atomic E-state index is 11.4. The van der Waals surface area contributed by atoms with Gasteiger partial charge in [0.1, 0.15) is 31.4 Å². The summed E-state index contributed by atoms with van der Waals surface area (Å²) in [5.41, 5.74) is 0. The van der Waals surface area contributed by atoms with Crippen molar-refractivity contribution in [3.8, 4) is 0 Å². The van der Waals surface area contributed by atoms with Crippen LogP contribution in [0.25, 0.3) is 0 Å². The summed E-state index contributed by atoms with van der Waals surface area (Å²) in [5, 5.41) is 0. The standard InChI is InChI=1S/C9H28N3O15P5.C6H12/c13-28(14,15)5-10(1-3-11(6-29(16,17)18)7-30(19,20)21)2-4-12(8-31(22,23)24)9-32(25,26)27;1-2-4-6-5-3-1/h1-9H2,(H2,13,14,15)(H2,16,17,18)(H2,19,20,21)(H2,22,23,24)(H2,25,26,27);1-6H2. The van der Waals surface area contributed by atoms with Crippen LogP contribution in [0.5, 0.6) is 0 Å². The molecule has 10 N–H and O–H groups in total. The van der Waals surface area contributed by atoms with Crippen LogP contribution in [0.15, 0.2) is 0 Å². The Kier molecular flexibility index (Phi) is 17.2. The SMILES string of the molecule is C1CCCCC1.O=P(O)(O)CN(CCN(CP(=O)(O)O)CP(=O)(O)O)CCN(CP(=O)(O)O)CP(=O)(O)O. The molecule has 38 heavy (non-hydrogen) atoms. The fourth-order valence-corrected chi connectivity index (χ4v) is 7.72. The normalized spacial score (nSPS) is 16.1. The molecule has 0 bridgehead atoms. The number of hydrogen-bond donors (Lipinski definition) is 10. The molecule has 18 nitrogen and oxygen atoms in total. The van der Waals surface area contributed by atoms with E-state index in [2.05, 4.69) is 0 Å². The highest BCUT2D eigenvalue weighted by molar-refractivity contribution is 7.53. The van der Waals surface area contributed by atoms with E-state index in [1.54, 1.807) is 0 Å². The number of rotatable bonds is 16. The van der Waals surface area contributed by atoms with Gasteiger partial charge in [-0.3, -0.25) is 37.5 Å². The zero-order chi connectivity index (χ0) is 29.8. The van der Waals surface area contributed by atoms with E-state index in [-0.39, 0.29) is 0 Å². The number of hydrogen-bond acceptors (Lipinski definition) is 8. The Bertz CT molecular complexity index is 805. The molecule has 0 unspecified atom stereocenters. The second-order valence-corrected chi connectivity index (χ2v) is 17.1. The Balaban J connectivity index is 0.00000198. The van der Waals surface area contributed by atoms with E-state index in [9.17, 15) is 32.6 Å². The molecule has 1 rings (SSSR count). The lowest BCUT2D eigenvalue weighted by Gasteiger charge is -2.30. The van der Waals surface area contributed by atoms with Crippen LogP contribution in [0, 0.1) is 0 Å². The molecule has 1 aliphatic carbocycles. The molecule has 0 saturated heterocycles. The lowest BCUT2D eigenvalue weighted by molar-refractivity contribution is 0.198. The summed E-state index contributed by atoms with van der Waals surface area (Å²) in [6.45, 7) is -1.78. The first kappa shape index (κ1) is 38.6. The minimum Gasteiger partial charge on any atom is -0.324 e. The highest BCUT2D eigenvalue weighted by atomic mass is 31.2. The smallest absolute Gasteiger partial charge is 0.324 e. The van der Waals surface area contributed by atoms with Crippen molar-refractivity contribution in [1.82, 2.24) is 14.7 Å². The molecule has 0 heterocycles. The van der Waals surface area contributed by atoms with Crippen molar-refractivity contribution in [2.24, 2.45) is 0 Å². The van der Waals surface area contributed by atoms with E-state index in [4.69, 9.17) is 39.1 Å². The van der Waals surface area contributed by atoms with Crippen LogP contribution < -0.4 is 0 Å². The van der Waals surface area contributed by atoms with Crippen molar-refractivity contribution >= 4 is 38.0 Å². The lowest BCUT2D eigenvalue weighted by Crippen LogP contribution is -2.41. The zero-order valence-corrected chi connectivity index (χ0v) is 25.2. The van der Waals surface area contributed by atoms with E-state index >= 15 is 0 Å². The van der Waals surface area contributed by atoms with E-state index in [0.29, 0.717) is 9.80 Å². The van der Waals surface area contributed by atoms with Gasteiger partial charge in [0.25, 0.3) is 0 Å². The second-order valence-electron chi connectivity index (χ2n) is 9.06. The fraction of sp³-hybridized carbons (Fsp3) is 1.00. The van der Waals surface area contributed by atoms with Gasteiger partial charge in [-0.1, -0.05) is 38.5 Å². The first-order valence-electron chi connectivity index (χ1n) is 11.3. The van der Waals surface area contributed by atoms with Gasteiger partial charge in [-0.2, -0.15) is 0 Å². The molecule has 230 valence electrons. The van der Waals surface area contributed by atoms with Gasteiger partial charge in [0.15, 0.2) is 0 Å². The maximum atomic E-state index is 11.4. The second kappa shape index (κ2) is 16.9. The highest BCUT2D eigenvalue weighted by Gasteiger charge is 2.29. The van der Waals surface area contributed by atoms with Crippen LogP contribution in [-0.2, 0) is 22.8 Å². The molecule has 1 aliphatic rings. The maximum Gasteiger partial charge on any atom is 0.339 e. The zero-order valence-electron chi connectivity index (χ0n) is 20.7. The molecule has 23 heteroatoms. The molecule has 0 radical (unpaired) electrons. The van der Waals surface area contributed by atoms with E-state index in [1.165, 1.54) is 38.5 Å². The van der Waals surface area contributed by atoms with Crippen LogP contribution in [0.3, 0.4) is 0 Å². The summed E-state index contributed by atoms with van der Waals surface area (Å²) in [6, 6.07) is 0. The Morgan fingerprint density at radius 1 is 0.342 bits per heavy atom. The average Bonchev–Trinajstić information content (AvgIpc) is 2.66. The largest absolute Gasteiger partial charge is 0.339 e. The molecule has 1 fully saturated rings. The summed E-state index contributed by atoms with van der Waals surface area (Å²) >= 11 is 0. The quantitative estimate of drug-likeness (QED) is 0.0970. The summed E-state index contributed by atoms with van der Waals surface area (Å²) in [6.07, 6.45) is 3.79. The van der Waals surface area contributed by atoms with Gasteiger partial charge < -0.3 is 48.9 Å². The topological polar surface area (TPSA) is 297 Å². The first-order chi connectivity index (χ1) is 16.9. The van der Waals surface area contributed by atoms with E-state index in [1.807, 2.05) is 0 Å². The van der Waals surface area contributed by atoms with Crippen LogP contribution in [-0.4, -0.2) is 121 Å². The van der Waals surface area contributed by atoms with Crippen molar-refractivity contribution in [3.05, 3.63) is 0 Å². The van der Waals surface area contributed by atoms with Crippen molar-refractivity contribution in [2.45, 2.75) is 38.5 Å². The van der Waals surface area contributed by atoms with Crippen LogP contribution in [0.1, 0.15) is 38.5 Å². The molecule has 1 saturated carbocycles. The van der Waals surface area contributed by atoms with Crippen LogP contribution in [0.2, 0.25) is 0 Å². The molecule has 0 aromatic rings. The minimum absolute atomic E-state index is 0.412. The molecule has 0 atom stereocenters. The van der Waals surface area contributed by atoms with Gasteiger partial charge in [0.2, 0.25) is 0 Å². The summed E-state index contributed by atoms with van der Waals surface area (Å²) in [5.74, 6) is 0. The van der Waals surface area contributed by atoms with Gasteiger partial charge in [-0.15, -0.1) is 0 Å².